The van der Waals surface area contributed by atoms with Crippen LogP contribution in [0.2, 0.25) is 0 Å². The number of carbonyl (C=O) groups excluding carboxylic acids is 1. The minimum Gasteiger partial charge on any atom is -0.489 e. The first-order valence-electron chi connectivity index (χ1n) is 8.19. The summed E-state index contributed by atoms with van der Waals surface area (Å²) < 4.78 is 10.7. The third kappa shape index (κ3) is 3.85. The van der Waals surface area contributed by atoms with Crippen LogP contribution in [0.3, 0.4) is 0 Å². The number of nitrogens with zero attached hydrogens (tertiary/aromatic N) is 1. The van der Waals surface area contributed by atoms with Crippen LogP contribution < -0.4 is 10.1 Å². The number of methoxy groups -OCH3 is 1. The number of likely N-dealkylation sites (tertiary alicyclic amines) is 1. The zero-order valence-electron chi connectivity index (χ0n) is 13.5. The molecule has 1 heterocycles. The number of carbonyl (C=O) groups is 1. The Kier molecular flexibility index (Phi) is 5.18. The van der Waals surface area contributed by atoms with Crippen molar-refractivity contribution in [1.82, 2.24) is 4.90 Å². The first-order valence-corrected chi connectivity index (χ1v) is 8.19. The third-order valence-electron chi connectivity index (χ3n) is 4.58. The Hall–Kier alpha value is -2.01. The molecule has 1 aliphatic heterocycles. The summed E-state index contributed by atoms with van der Waals surface area (Å²) in [4.78, 5) is 14.5. The number of urea groups is 1. The molecular weight excluding hydrogens is 292 g/mol. The maximum Gasteiger partial charge on any atom is 0.321 e. The van der Waals surface area contributed by atoms with Gasteiger partial charge in [-0.2, -0.15) is 0 Å². The zero-order chi connectivity index (χ0) is 16.1. The van der Waals surface area contributed by atoms with Crippen molar-refractivity contribution >= 4 is 11.7 Å². The summed E-state index contributed by atoms with van der Waals surface area (Å²) in [6.07, 6.45) is 6.65. The second-order valence-corrected chi connectivity index (χ2v) is 6.14. The van der Waals surface area contributed by atoms with Crippen LogP contribution in [0.5, 0.6) is 5.75 Å². The molecule has 0 spiro atoms. The highest BCUT2D eigenvalue weighted by Crippen LogP contribution is 2.33. The maximum absolute atomic E-state index is 12.6. The lowest BCUT2D eigenvalue weighted by Crippen LogP contribution is -2.33. The quantitative estimate of drug-likeness (QED) is 0.670. The van der Waals surface area contributed by atoms with E-state index in [4.69, 9.17) is 9.47 Å². The van der Waals surface area contributed by atoms with Crippen molar-refractivity contribution in [2.75, 3.05) is 38.7 Å². The van der Waals surface area contributed by atoms with Gasteiger partial charge in [-0.05, 0) is 36.8 Å². The molecule has 1 aromatic rings. The van der Waals surface area contributed by atoms with E-state index < -0.39 is 0 Å². The normalized spacial score (nSPS) is 22.7. The van der Waals surface area contributed by atoms with Gasteiger partial charge in [0.25, 0.3) is 0 Å². The lowest BCUT2D eigenvalue weighted by Gasteiger charge is -2.19. The summed E-state index contributed by atoms with van der Waals surface area (Å²) in [7, 11) is 1.64. The van der Waals surface area contributed by atoms with E-state index in [1.54, 1.807) is 7.11 Å². The van der Waals surface area contributed by atoms with E-state index in [0.717, 1.165) is 25.9 Å². The largest absolute Gasteiger partial charge is 0.489 e. The molecule has 3 rings (SSSR count). The Bertz CT molecular complexity index is 557. The Morgan fingerprint density at radius 1 is 1.17 bits per heavy atom. The monoisotopic (exact) mass is 316 g/mol. The average Bonchev–Trinajstić information content (AvgIpc) is 3.01. The van der Waals surface area contributed by atoms with Crippen LogP contribution in [0.4, 0.5) is 10.5 Å². The van der Waals surface area contributed by atoms with E-state index >= 15 is 0 Å². The predicted molar refractivity (Wildman–Crippen MR) is 89.8 cm³/mol. The first kappa shape index (κ1) is 15.9. The Morgan fingerprint density at radius 3 is 2.57 bits per heavy atom. The van der Waals surface area contributed by atoms with E-state index in [-0.39, 0.29) is 6.03 Å². The summed E-state index contributed by atoms with van der Waals surface area (Å²) in [5, 5.41) is 2.99. The number of anilines is 1. The summed E-state index contributed by atoms with van der Waals surface area (Å²) in [5.41, 5.74) is 0.710. The van der Waals surface area contributed by atoms with Gasteiger partial charge in [0.15, 0.2) is 0 Å². The summed E-state index contributed by atoms with van der Waals surface area (Å²) in [5.74, 6) is 1.90. The molecule has 1 aromatic carbocycles. The van der Waals surface area contributed by atoms with E-state index in [1.807, 2.05) is 29.2 Å². The molecule has 0 aromatic heterocycles. The topological polar surface area (TPSA) is 50.8 Å². The fourth-order valence-corrected chi connectivity index (χ4v) is 3.31. The van der Waals surface area contributed by atoms with Crippen molar-refractivity contribution in [3.05, 3.63) is 36.4 Å². The van der Waals surface area contributed by atoms with Gasteiger partial charge in [0.2, 0.25) is 0 Å². The van der Waals surface area contributed by atoms with Crippen LogP contribution in [0, 0.1) is 11.8 Å². The van der Waals surface area contributed by atoms with Crippen molar-refractivity contribution in [3.8, 4) is 5.75 Å². The first-order chi connectivity index (χ1) is 11.3. The highest BCUT2D eigenvalue weighted by Gasteiger charge is 2.35. The third-order valence-corrected chi connectivity index (χ3v) is 4.58. The fraction of sp³-hybridized carbons (Fsp3) is 0.500. The van der Waals surface area contributed by atoms with E-state index in [9.17, 15) is 4.79 Å². The van der Waals surface area contributed by atoms with Crippen LogP contribution in [0.1, 0.15) is 12.8 Å². The summed E-state index contributed by atoms with van der Waals surface area (Å²) >= 11 is 0. The molecule has 124 valence electrons. The van der Waals surface area contributed by atoms with Crippen molar-refractivity contribution in [3.63, 3.8) is 0 Å². The zero-order valence-corrected chi connectivity index (χ0v) is 13.5. The van der Waals surface area contributed by atoms with Gasteiger partial charge < -0.3 is 19.7 Å². The van der Waals surface area contributed by atoms with Crippen molar-refractivity contribution in [1.29, 1.82) is 0 Å². The molecule has 0 saturated carbocycles. The molecule has 0 bridgehead atoms. The van der Waals surface area contributed by atoms with Gasteiger partial charge in [-0.3, -0.25) is 0 Å². The number of para-hydroxylation sites is 2. The molecule has 2 atom stereocenters. The number of allylic oxidation sites excluding steroid dienone is 2. The molecule has 1 aliphatic carbocycles. The molecule has 0 unspecified atom stereocenters. The molecule has 5 nitrogen and oxygen atoms in total. The number of amides is 2. The molecular formula is C18H24N2O3. The van der Waals surface area contributed by atoms with Crippen molar-refractivity contribution in [2.24, 2.45) is 11.8 Å². The molecule has 1 fully saturated rings. The highest BCUT2D eigenvalue weighted by molar-refractivity contribution is 5.91. The second kappa shape index (κ2) is 7.51. The predicted octanol–water partition coefficient (Wildman–Crippen LogP) is 3.14. The summed E-state index contributed by atoms with van der Waals surface area (Å²) in [6.45, 7) is 2.66. The smallest absolute Gasteiger partial charge is 0.321 e. The molecule has 2 aliphatic rings. The number of hydrogen-bond acceptors (Lipinski definition) is 3. The number of rotatable bonds is 5. The lowest BCUT2D eigenvalue weighted by atomic mass is 9.86. The minimum absolute atomic E-state index is 0.0396. The van der Waals surface area contributed by atoms with Crippen LogP contribution in [-0.4, -0.2) is 44.3 Å². The number of nitrogens with one attached hydrogen (secondary N) is 1. The SMILES string of the molecule is COCCOc1ccccc1NC(=O)N1C[C@H]2CC=CC[C@H]2C1. The fourth-order valence-electron chi connectivity index (χ4n) is 3.31. The Labute approximate surface area is 137 Å². The van der Waals surface area contributed by atoms with E-state index in [0.29, 0.717) is 36.5 Å². The van der Waals surface area contributed by atoms with Crippen molar-refractivity contribution in [2.45, 2.75) is 12.8 Å². The molecule has 1 saturated heterocycles. The molecule has 0 radical (unpaired) electrons. The number of hydrogen-bond donors (Lipinski definition) is 1. The summed E-state index contributed by atoms with van der Waals surface area (Å²) in [6, 6.07) is 7.48. The number of ether oxygens (including phenoxy) is 2. The van der Waals surface area contributed by atoms with Crippen LogP contribution >= 0.6 is 0 Å². The van der Waals surface area contributed by atoms with Gasteiger partial charge >= 0.3 is 6.03 Å². The van der Waals surface area contributed by atoms with Crippen LogP contribution in [-0.2, 0) is 4.74 Å². The highest BCUT2D eigenvalue weighted by atomic mass is 16.5. The van der Waals surface area contributed by atoms with Crippen molar-refractivity contribution < 1.29 is 14.3 Å². The average molecular weight is 316 g/mol. The Morgan fingerprint density at radius 2 is 1.87 bits per heavy atom. The minimum atomic E-state index is -0.0396. The second-order valence-electron chi connectivity index (χ2n) is 6.14. The van der Waals surface area contributed by atoms with Gasteiger partial charge in [-0.15, -0.1) is 0 Å². The standard InChI is InChI=1S/C18H24N2O3/c1-22-10-11-23-17-9-5-4-8-16(17)19-18(21)20-12-14-6-2-3-7-15(14)13-20/h2-5,8-9,14-15H,6-7,10-13H2,1H3,(H,19,21)/t14-,15+. The molecule has 5 heteroatoms. The van der Waals surface area contributed by atoms with Gasteiger partial charge in [0.1, 0.15) is 12.4 Å². The van der Waals surface area contributed by atoms with Gasteiger partial charge in [-0.1, -0.05) is 24.3 Å². The molecule has 1 N–H and O–H groups in total. The van der Waals surface area contributed by atoms with E-state index in [2.05, 4.69) is 17.5 Å². The number of fused-ring (bicyclic) bond motifs is 1. The number of benzene rings is 1. The van der Waals surface area contributed by atoms with Gasteiger partial charge in [0.05, 0.1) is 12.3 Å². The van der Waals surface area contributed by atoms with Crippen LogP contribution in [0.15, 0.2) is 36.4 Å². The van der Waals surface area contributed by atoms with Crippen LogP contribution in [0.25, 0.3) is 0 Å². The maximum atomic E-state index is 12.6. The Balaban J connectivity index is 1.60. The van der Waals surface area contributed by atoms with Gasteiger partial charge in [0, 0.05) is 20.2 Å². The van der Waals surface area contributed by atoms with Gasteiger partial charge in [-0.25, -0.2) is 4.79 Å². The van der Waals surface area contributed by atoms with E-state index in [1.165, 1.54) is 0 Å². The molecule has 23 heavy (non-hydrogen) atoms. The lowest BCUT2D eigenvalue weighted by molar-refractivity contribution is 0.146. The molecule has 2 amide bonds.